The van der Waals surface area contributed by atoms with Gasteiger partial charge in [-0.05, 0) is 37.3 Å². The van der Waals surface area contributed by atoms with Gasteiger partial charge in [-0.2, -0.15) is 0 Å². The number of piperidine rings is 1. The smallest absolute Gasteiger partial charge is 0.321 e. The van der Waals surface area contributed by atoms with E-state index in [1.165, 1.54) is 12.0 Å². The van der Waals surface area contributed by atoms with Gasteiger partial charge in [-0.3, -0.25) is 0 Å². The Balaban J connectivity index is 1.97. The number of carbonyl (C=O) groups is 1. The van der Waals surface area contributed by atoms with Crippen LogP contribution in [-0.2, 0) is 0 Å². The van der Waals surface area contributed by atoms with Gasteiger partial charge < -0.3 is 10.2 Å². The molecule has 1 aromatic rings. The molecule has 0 aromatic heterocycles. The monoisotopic (exact) mass is 246 g/mol. The molecule has 1 aromatic carbocycles. The van der Waals surface area contributed by atoms with E-state index in [0.717, 1.165) is 18.8 Å². The summed E-state index contributed by atoms with van der Waals surface area (Å²) in [5.74, 6) is 1.19. The average Bonchev–Trinajstić information content (AvgIpc) is 2.31. The lowest BCUT2D eigenvalue weighted by atomic mass is 9.92. The van der Waals surface area contributed by atoms with Crippen LogP contribution in [-0.4, -0.2) is 24.0 Å². The fourth-order valence-corrected chi connectivity index (χ4v) is 2.67. The first kappa shape index (κ1) is 12.9. The van der Waals surface area contributed by atoms with Gasteiger partial charge in [0.25, 0.3) is 0 Å². The quantitative estimate of drug-likeness (QED) is 0.808. The van der Waals surface area contributed by atoms with Crippen LogP contribution in [0.4, 0.5) is 10.5 Å². The van der Waals surface area contributed by atoms with Crippen LogP contribution in [0.5, 0.6) is 0 Å². The molecule has 3 heteroatoms. The molecular formula is C15H22N2O. The van der Waals surface area contributed by atoms with E-state index in [4.69, 9.17) is 0 Å². The van der Waals surface area contributed by atoms with Crippen molar-refractivity contribution in [3.8, 4) is 0 Å². The normalized spacial score (nSPS) is 23.8. The van der Waals surface area contributed by atoms with Crippen molar-refractivity contribution in [2.45, 2.75) is 27.2 Å². The maximum atomic E-state index is 12.2. The molecule has 2 atom stereocenters. The first-order valence-corrected chi connectivity index (χ1v) is 6.67. The predicted molar refractivity (Wildman–Crippen MR) is 74.7 cm³/mol. The highest BCUT2D eigenvalue weighted by Gasteiger charge is 2.25. The van der Waals surface area contributed by atoms with Crippen molar-refractivity contribution in [1.29, 1.82) is 0 Å². The van der Waals surface area contributed by atoms with Crippen LogP contribution in [0.1, 0.15) is 25.8 Å². The highest BCUT2D eigenvalue weighted by molar-refractivity contribution is 5.89. The minimum absolute atomic E-state index is 0.0252. The Morgan fingerprint density at radius 1 is 1.17 bits per heavy atom. The molecule has 98 valence electrons. The van der Waals surface area contributed by atoms with Gasteiger partial charge in [0.15, 0.2) is 0 Å². The van der Waals surface area contributed by atoms with Crippen molar-refractivity contribution in [2.24, 2.45) is 11.8 Å². The second-order valence-corrected chi connectivity index (χ2v) is 5.65. The van der Waals surface area contributed by atoms with Crippen LogP contribution in [0.2, 0.25) is 0 Å². The fourth-order valence-electron chi connectivity index (χ4n) is 2.67. The van der Waals surface area contributed by atoms with Gasteiger partial charge in [-0.15, -0.1) is 0 Å². The summed E-state index contributed by atoms with van der Waals surface area (Å²) in [6.45, 7) is 8.19. The van der Waals surface area contributed by atoms with Crippen LogP contribution in [0.25, 0.3) is 0 Å². The minimum Gasteiger partial charge on any atom is -0.324 e. The Bertz CT molecular complexity index is 403. The number of hydrogen-bond acceptors (Lipinski definition) is 1. The molecule has 3 nitrogen and oxygen atoms in total. The van der Waals surface area contributed by atoms with Gasteiger partial charge in [0.1, 0.15) is 0 Å². The van der Waals surface area contributed by atoms with E-state index in [0.29, 0.717) is 11.8 Å². The summed E-state index contributed by atoms with van der Waals surface area (Å²) in [7, 11) is 0. The standard InChI is InChI=1S/C15H22N2O/c1-11-4-6-14(7-5-11)16-15(18)17-9-12(2)8-13(3)10-17/h4-7,12-13H,8-10H2,1-3H3,(H,16,18). The number of likely N-dealkylation sites (tertiary alicyclic amines) is 1. The van der Waals surface area contributed by atoms with E-state index >= 15 is 0 Å². The third-order valence-electron chi connectivity index (χ3n) is 3.46. The predicted octanol–water partition coefficient (Wildman–Crippen LogP) is 3.50. The number of hydrogen-bond donors (Lipinski definition) is 1. The molecule has 2 amide bonds. The summed E-state index contributed by atoms with van der Waals surface area (Å²) in [6.07, 6.45) is 1.22. The van der Waals surface area contributed by atoms with Crippen LogP contribution in [0.15, 0.2) is 24.3 Å². The number of anilines is 1. The minimum atomic E-state index is 0.0252. The summed E-state index contributed by atoms with van der Waals surface area (Å²) in [5.41, 5.74) is 2.07. The molecule has 1 aliphatic heterocycles. The third-order valence-corrected chi connectivity index (χ3v) is 3.46. The maximum absolute atomic E-state index is 12.2. The Morgan fingerprint density at radius 3 is 2.28 bits per heavy atom. The van der Waals surface area contributed by atoms with Gasteiger partial charge >= 0.3 is 6.03 Å². The van der Waals surface area contributed by atoms with E-state index in [-0.39, 0.29) is 6.03 Å². The van der Waals surface area contributed by atoms with Crippen LogP contribution < -0.4 is 5.32 Å². The van der Waals surface area contributed by atoms with Crippen LogP contribution >= 0.6 is 0 Å². The van der Waals surface area contributed by atoms with Gasteiger partial charge in [-0.25, -0.2) is 4.79 Å². The number of rotatable bonds is 1. The van der Waals surface area contributed by atoms with Crippen molar-refractivity contribution in [3.63, 3.8) is 0 Å². The number of amides is 2. The molecule has 0 radical (unpaired) electrons. The highest BCUT2D eigenvalue weighted by Crippen LogP contribution is 2.21. The van der Waals surface area contributed by atoms with Crippen molar-refractivity contribution < 1.29 is 4.79 Å². The largest absolute Gasteiger partial charge is 0.324 e. The van der Waals surface area contributed by atoms with Gasteiger partial charge in [0, 0.05) is 18.8 Å². The lowest BCUT2D eigenvalue weighted by Gasteiger charge is -2.34. The molecule has 0 saturated carbocycles. The van der Waals surface area contributed by atoms with Crippen LogP contribution in [0, 0.1) is 18.8 Å². The highest BCUT2D eigenvalue weighted by atomic mass is 16.2. The molecule has 2 rings (SSSR count). The zero-order chi connectivity index (χ0) is 13.1. The van der Waals surface area contributed by atoms with Crippen molar-refractivity contribution in [2.75, 3.05) is 18.4 Å². The van der Waals surface area contributed by atoms with E-state index in [2.05, 4.69) is 19.2 Å². The summed E-state index contributed by atoms with van der Waals surface area (Å²) in [6, 6.07) is 7.94. The molecule has 0 aliphatic carbocycles. The van der Waals surface area contributed by atoms with E-state index in [1.54, 1.807) is 0 Å². The SMILES string of the molecule is Cc1ccc(NC(=O)N2CC(C)CC(C)C2)cc1. The molecule has 2 unspecified atom stereocenters. The van der Waals surface area contributed by atoms with Crippen molar-refractivity contribution in [3.05, 3.63) is 29.8 Å². The Labute approximate surface area is 109 Å². The van der Waals surface area contributed by atoms with Gasteiger partial charge in [0.05, 0.1) is 0 Å². The van der Waals surface area contributed by atoms with Crippen molar-refractivity contribution in [1.82, 2.24) is 4.90 Å². The Kier molecular flexibility index (Phi) is 3.90. The van der Waals surface area contributed by atoms with Crippen LogP contribution in [0.3, 0.4) is 0 Å². The molecule has 18 heavy (non-hydrogen) atoms. The molecule has 1 aliphatic rings. The van der Waals surface area contributed by atoms with E-state index in [9.17, 15) is 4.79 Å². The molecule has 1 saturated heterocycles. The lowest BCUT2D eigenvalue weighted by Crippen LogP contribution is -2.44. The topological polar surface area (TPSA) is 32.3 Å². The number of nitrogens with zero attached hydrogens (tertiary/aromatic N) is 1. The zero-order valence-electron chi connectivity index (χ0n) is 11.4. The molecular weight excluding hydrogens is 224 g/mol. The molecule has 1 fully saturated rings. The zero-order valence-corrected chi connectivity index (χ0v) is 11.4. The number of aryl methyl sites for hydroxylation is 1. The summed E-state index contributed by atoms with van der Waals surface area (Å²) >= 11 is 0. The second kappa shape index (κ2) is 5.42. The van der Waals surface area contributed by atoms with Gasteiger partial charge in [0.2, 0.25) is 0 Å². The molecule has 0 bridgehead atoms. The van der Waals surface area contributed by atoms with E-state index < -0.39 is 0 Å². The Hall–Kier alpha value is -1.51. The maximum Gasteiger partial charge on any atom is 0.321 e. The lowest BCUT2D eigenvalue weighted by molar-refractivity contribution is 0.156. The Morgan fingerprint density at radius 2 is 1.72 bits per heavy atom. The summed E-state index contributed by atoms with van der Waals surface area (Å²) in [4.78, 5) is 14.1. The molecule has 1 heterocycles. The number of carbonyl (C=O) groups excluding carboxylic acids is 1. The molecule has 0 spiro atoms. The third kappa shape index (κ3) is 3.25. The van der Waals surface area contributed by atoms with Crippen molar-refractivity contribution >= 4 is 11.7 Å². The molecule has 1 N–H and O–H groups in total. The average molecular weight is 246 g/mol. The summed E-state index contributed by atoms with van der Waals surface area (Å²) in [5, 5.41) is 2.97. The first-order valence-electron chi connectivity index (χ1n) is 6.67. The number of urea groups is 1. The van der Waals surface area contributed by atoms with E-state index in [1.807, 2.05) is 36.1 Å². The second-order valence-electron chi connectivity index (χ2n) is 5.65. The summed E-state index contributed by atoms with van der Waals surface area (Å²) < 4.78 is 0. The fraction of sp³-hybridized carbons (Fsp3) is 0.533. The van der Waals surface area contributed by atoms with Gasteiger partial charge in [-0.1, -0.05) is 31.5 Å². The first-order chi connectivity index (χ1) is 8.54. The number of benzene rings is 1. The number of nitrogens with one attached hydrogen (secondary N) is 1.